The first-order chi connectivity index (χ1) is 9.95. The molecule has 0 aromatic rings. The third-order valence-electron chi connectivity index (χ3n) is 8.03. The van der Waals surface area contributed by atoms with Gasteiger partial charge in [0.15, 0.2) is 0 Å². The summed E-state index contributed by atoms with van der Waals surface area (Å²) >= 11 is 0. The standard InChI is InChI=1S/C20H30O/c1-13-4-7-17-16-6-5-14-12-15(21)8-10-20(14,3)18(16)9-11-19(13,17)2/h5,15-18,21H,1,4,6-12H2,2-3H3/t15-,16+,17+,18+,19-,20+/m1/s1. The Hall–Kier alpha value is -0.560. The minimum atomic E-state index is -0.0824. The Kier molecular flexibility index (Phi) is 2.99. The van der Waals surface area contributed by atoms with Crippen LogP contribution in [-0.2, 0) is 0 Å². The van der Waals surface area contributed by atoms with Crippen LogP contribution in [0.4, 0.5) is 0 Å². The van der Waals surface area contributed by atoms with E-state index in [2.05, 4.69) is 26.5 Å². The Balaban J connectivity index is 1.69. The van der Waals surface area contributed by atoms with Gasteiger partial charge in [-0.05, 0) is 80.0 Å². The van der Waals surface area contributed by atoms with Crippen LogP contribution in [0.3, 0.4) is 0 Å². The minimum Gasteiger partial charge on any atom is -0.393 e. The molecule has 116 valence electrons. The highest BCUT2D eigenvalue weighted by Gasteiger charge is 2.56. The van der Waals surface area contributed by atoms with E-state index in [1.54, 1.807) is 5.57 Å². The molecule has 1 nitrogen and oxygen atoms in total. The molecule has 4 rings (SSSR count). The van der Waals surface area contributed by atoms with E-state index < -0.39 is 0 Å². The molecule has 3 fully saturated rings. The van der Waals surface area contributed by atoms with Gasteiger partial charge in [0.25, 0.3) is 0 Å². The molecular formula is C20H30O. The fourth-order valence-corrected chi connectivity index (χ4v) is 6.55. The second-order valence-electron chi connectivity index (χ2n) is 8.75. The Morgan fingerprint density at radius 1 is 1.10 bits per heavy atom. The van der Waals surface area contributed by atoms with Crippen molar-refractivity contribution in [2.45, 2.75) is 71.3 Å². The normalized spacial score (nSPS) is 52.7. The van der Waals surface area contributed by atoms with Crippen LogP contribution >= 0.6 is 0 Å². The third-order valence-corrected chi connectivity index (χ3v) is 8.03. The van der Waals surface area contributed by atoms with Crippen molar-refractivity contribution < 1.29 is 5.11 Å². The number of aliphatic hydroxyl groups is 1. The van der Waals surface area contributed by atoms with E-state index in [-0.39, 0.29) is 6.10 Å². The Morgan fingerprint density at radius 3 is 2.62 bits per heavy atom. The zero-order valence-electron chi connectivity index (χ0n) is 13.7. The van der Waals surface area contributed by atoms with Crippen molar-refractivity contribution in [2.24, 2.45) is 28.6 Å². The van der Waals surface area contributed by atoms with Gasteiger partial charge in [-0.1, -0.05) is 37.6 Å². The number of hydrogen-bond donors (Lipinski definition) is 1. The van der Waals surface area contributed by atoms with E-state index in [1.165, 1.54) is 44.1 Å². The van der Waals surface area contributed by atoms with Crippen molar-refractivity contribution in [2.75, 3.05) is 0 Å². The lowest BCUT2D eigenvalue weighted by atomic mass is 9.48. The molecule has 0 amide bonds. The Morgan fingerprint density at radius 2 is 1.81 bits per heavy atom. The van der Waals surface area contributed by atoms with E-state index >= 15 is 0 Å². The molecule has 21 heavy (non-hydrogen) atoms. The van der Waals surface area contributed by atoms with Gasteiger partial charge >= 0.3 is 0 Å². The van der Waals surface area contributed by atoms with Crippen LogP contribution in [0.25, 0.3) is 0 Å². The van der Waals surface area contributed by atoms with Gasteiger partial charge in [0.1, 0.15) is 0 Å². The van der Waals surface area contributed by atoms with Gasteiger partial charge in [-0.25, -0.2) is 0 Å². The maximum absolute atomic E-state index is 10.0. The van der Waals surface area contributed by atoms with Crippen molar-refractivity contribution in [3.05, 3.63) is 23.8 Å². The van der Waals surface area contributed by atoms with Gasteiger partial charge in [0.2, 0.25) is 0 Å². The third kappa shape index (κ3) is 1.79. The lowest BCUT2D eigenvalue weighted by Crippen LogP contribution is -2.49. The average Bonchev–Trinajstić information content (AvgIpc) is 2.76. The molecule has 0 unspecified atom stereocenters. The van der Waals surface area contributed by atoms with Crippen molar-refractivity contribution >= 4 is 0 Å². The topological polar surface area (TPSA) is 20.2 Å². The predicted octanol–water partition coefficient (Wildman–Crippen LogP) is 4.87. The smallest absolute Gasteiger partial charge is 0.0577 e. The summed E-state index contributed by atoms with van der Waals surface area (Å²) < 4.78 is 0. The minimum absolute atomic E-state index is 0.0824. The molecular weight excluding hydrogens is 256 g/mol. The van der Waals surface area contributed by atoms with Crippen LogP contribution in [0.2, 0.25) is 0 Å². The first kappa shape index (κ1) is 14.1. The van der Waals surface area contributed by atoms with Crippen LogP contribution in [-0.4, -0.2) is 11.2 Å². The molecule has 0 saturated heterocycles. The van der Waals surface area contributed by atoms with Crippen molar-refractivity contribution in [1.29, 1.82) is 0 Å². The van der Waals surface area contributed by atoms with Gasteiger partial charge < -0.3 is 5.11 Å². The number of hydrogen-bond acceptors (Lipinski definition) is 1. The molecule has 0 aromatic heterocycles. The predicted molar refractivity (Wildman–Crippen MR) is 86.8 cm³/mol. The van der Waals surface area contributed by atoms with Crippen LogP contribution in [0.1, 0.15) is 65.2 Å². The molecule has 3 saturated carbocycles. The zero-order valence-corrected chi connectivity index (χ0v) is 13.7. The van der Waals surface area contributed by atoms with Crippen LogP contribution in [0.15, 0.2) is 23.8 Å². The molecule has 0 bridgehead atoms. The number of fused-ring (bicyclic) bond motifs is 5. The number of aliphatic hydroxyl groups excluding tert-OH is 1. The van der Waals surface area contributed by atoms with Gasteiger partial charge in [-0.3, -0.25) is 0 Å². The van der Waals surface area contributed by atoms with Crippen LogP contribution in [0, 0.1) is 28.6 Å². The molecule has 1 N–H and O–H groups in total. The van der Waals surface area contributed by atoms with Crippen molar-refractivity contribution in [3.63, 3.8) is 0 Å². The monoisotopic (exact) mass is 286 g/mol. The maximum atomic E-state index is 10.0. The summed E-state index contributed by atoms with van der Waals surface area (Å²) in [4.78, 5) is 0. The highest BCUT2D eigenvalue weighted by Crippen LogP contribution is 2.65. The summed E-state index contributed by atoms with van der Waals surface area (Å²) in [6.07, 6.45) is 12.2. The fraction of sp³-hybridized carbons (Fsp3) is 0.800. The van der Waals surface area contributed by atoms with Gasteiger partial charge in [0.05, 0.1) is 6.10 Å². The van der Waals surface area contributed by atoms with E-state index in [9.17, 15) is 5.11 Å². The van der Waals surface area contributed by atoms with Gasteiger partial charge in [-0.2, -0.15) is 0 Å². The summed E-state index contributed by atoms with van der Waals surface area (Å²) in [7, 11) is 0. The Labute approximate surface area is 129 Å². The van der Waals surface area contributed by atoms with E-state index in [0.29, 0.717) is 10.8 Å². The second kappa shape index (κ2) is 4.47. The van der Waals surface area contributed by atoms with E-state index in [0.717, 1.165) is 30.6 Å². The quantitative estimate of drug-likeness (QED) is 0.630. The number of allylic oxidation sites excluding steroid dienone is 2. The van der Waals surface area contributed by atoms with Gasteiger partial charge in [-0.15, -0.1) is 0 Å². The zero-order chi connectivity index (χ0) is 14.8. The first-order valence-electron chi connectivity index (χ1n) is 9.01. The molecule has 0 radical (unpaired) electrons. The van der Waals surface area contributed by atoms with Crippen LogP contribution in [0.5, 0.6) is 0 Å². The second-order valence-corrected chi connectivity index (χ2v) is 8.75. The lowest BCUT2D eigenvalue weighted by Gasteiger charge is -2.57. The summed E-state index contributed by atoms with van der Waals surface area (Å²) in [5, 5.41) is 10.0. The maximum Gasteiger partial charge on any atom is 0.0577 e. The molecule has 0 aromatic carbocycles. The molecule has 0 spiro atoms. The van der Waals surface area contributed by atoms with Gasteiger partial charge in [0, 0.05) is 0 Å². The summed E-state index contributed by atoms with van der Waals surface area (Å²) in [6.45, 7) is 9.41. The van der Waals surface area contributed by atoms with Crippen LogP contribution < -0.4 is 0 Å². The molecule has 6 atom stereocenters. The molecule has 4 aliphatic carbocycles. The molecule has 1 heteroatoms. The molecule has 0 heterocycles. The highest BCUT2D eigenvalue weighted by molar-refractivity contribution is 5.28. The SMILES string of the molecule is C=C1CC[C@H]2[C@@H]3CC=C4C[C@H](O)CC[C@]4(C)[C@H]3CC[C@]12C. The lowest BCUT2D eigenvalue weighted by molar-refractivity contribution is -0.0267. The van der Waals surface area contributed by atoms with Crippen molar-refractivity contribution in [3.8, 4) is 0 Å². The van der Waals surface area contributed by atoms with E-state index in [4.69, 9.17) is 0 Å². The summed E-state index contributed by atoms with van der Waals surface area (Å²) in [6, 6.07) is 0. The largest absolute Gasteiger partial charge is 0.393 e. The van der Waals surface area contributed by atoms with E-state index in [1.807, 2.05) is 0 Å². The average molecular weight is 286 g/mol. The summed E-state index contributed by atoms with van der Waals surface area (Å²) in [5.74, 6) is 2.59. The molecule has 0 aliphatic heterocycles. The first-order valence-corrected chi connectivity index (χ1v) is 9.01. The van der Waals surface area contributed by atoms with Crippen molar-refractivity contribution in [1.82, 2.24) is 0 Å². The summed E-state index contributed by atoms with van der Waals surface area (Å²) in [5.41, 5.74) is 3.93. The number of rotatable bonds is 0. The fourth-order valence-electron chi connectivity index (χ4n) is 6.55. The highest BCUT2D eigenvalue weighted by atomic mass is 16.3. The Bertz CT molecular complexity index is 504. The molecule has 4 aliphatic rings.